The van der Waals surface area contributed by atoms with Gasteiger partial charge >= 0.3 is 0 Å². The van der Waals surface area contributed by atoms with Crippen molar-refractivity contribution in [1.29, 1.82) is 0 Å². The summed E-state index contributed by atoms with van der Waals surface area (Å²) >= 11 is 0. The predicted molar refractivity (Wildman–Crippen MR) is 69.6 cm³/mol. The summed E-state index contributed by atoms with van der Waals surface area (Å²) < 4.78 is 28.5. The lowest BCUT2D eigenvalue weighted by atomic mass is 10.2. The zero-order valence-electron chi connectivity index (χ0n) is 10.8. The Hall–Kier alpha value is -0.920. The van der Waals surface area contributed by atoms with Gasteiger partial charge in [-0.25, -0.2) is 13.1 Å². The zero-order chi connectivity index (χ0) is 13.2. The normalized spacial score (nSPS) is 20.4. The van der Waals surface area contributed by atoms with E-state index in [1.165, 1.54) is 0 Å². The Kier molecular flexibility index (Phi) is 4.04. The SMILES string of the molecule is CCc1nn(C)cc1CNS(=O)(=O)C1CCNC1. The fraction of sp³-hybridized carbons (Fsp3) is 0.727. The standard InChI is InChI=1S/C11H20N4O2S/c1-3-11-9(8-15(2)14-11)6-13-18(16,17)10-4-5-12-7-10/h8,10,12-13H,3-7H2,1-2H3. The molecule has 0 radical (unpaired) electrons. The van der Waals surface area contributed by atoms with Crippen molar-refractivity contribution in [3.05, 3.63) is 17.5 Å². The maximum Gasteiger partial charge on any atom is 0.216 e. The van der Waals surface area contributed by atoms with Crippen LogP contribution in [-0.2, 0) is 30.0 Å². The van der Waals surface area contributed by atoms with Gasteiger partial charge in [0.15, 0.2) is 0 Å². The molecule has 0 amide bonds. The highest BCUT2D eigenvalue weighted by Crippen LogP contribution is 2.11. The van der Waals surface area contributed by atoms with Gasteiger partial charge in [0.2, 0.25) is 10.0 Å². The van der Waals surface area contributed by atoms with Crippen molar-refractivity contribution >= 4 is 10.0 Å². The quantitative estimate of drug-likeness (QED) is 0.776. The van der Waals surface area contributed by atoms with E-state index in [2.05, 4.69) is 15.1 Å². The van der Waals surface area contributed by atoms with Crippen molar-refractivity contribution in [2.45, 2.75) is 31.6 Å². The molecule has 0 bridgehead atoms. The Balaban J connectivity index is 2.02. The van der Waals surface area contributed by atoms with Crippen LogP contribution in [0.5, 0.6) is 0 Å². The molecule has 2 heterocycles. The second kappa shape index (κ2) is 5.38. The maximum atomic E-state index is 12.0. The van der Waals surface area contributed by atoms with Gasteiger partial charge in [0.25, 0.3) is 0 Å². The van der Waals surface area contributed by atoms with E-state index in [0.29, 0.717) is 19.5 Å². The molecule has 2 rings (SSSR count). The summed E-state index contributed by atoms with van der Waals surface area (Å²) in [6.45, 7) is 3.67. The Morgan fingerprint density at radius 3 is 3.00 bits per heavy atom. The average molecular weight is 272 g/mol. The van der Waals surface area contributed by atoms with Crippen molar-refractivity contribution in [1.82, 2.24) is 19.8 Å². The van der Waals surface area contributed by atoms with Crippen LogP contribution in [0.1, 0.15) is 24.6 Å². The van der Waals surface area contributed by atoms with Crippen LogP contribution in [0.2, 0.25) is 0 Å². The van der Waals surface area contributed by atoms with Crippen LogP contribution in [0.4, 0.5) is 0 Å². The van der Waals surface area contributed by atoms with E-state index in [-0.39, 0.29) is 5.25 Å². The summed E-state index contributed by atoms with van der Waals surface area (Å²) in [7, 11) is -1.38. The first kappa shape index (κ1) is 13.5. The van der Waals surface area contributed by atoms with Crippen LogP contribution in [0, 0.1) is 0 Å². The Labute approximate surface area is 108 Å². The van der Waals surface area contributed by atoms with Gasteiger partial charge in [0.1, 0.15) is 0 Å². The maximum absolute atomic E-state index is 12.0. The van der Waals surface area contributed by atoms with E-state index in [1.54, 1.807) is 4.68 Å². The lowest BCUT2D eigenvalue weighted by molar-refractivity contribution is 0.567. The largest absolute Gasteiger partial charge is 0.315 e. The molecule has 1 aromatic heterocycles. The molecular weight excluding hydrogens is 252 g/mol. The Bertz CT molecular complexity index is 503. The van der Waals surface area contributed by atoms with Crippen molar-refractivity contribution in [3.63, 3.8) is 0 Å². The molecular formula is C11H20N4O2S. The van der Waals surface area contributed by atoms with E-state index < -0.39 is 10.0 Å². The summed E-state index contributed by atoms with van der Waals surface area (Å²) in [4.78, 5) is 0. The summed E-state index contributed by atoms with van der Waals surface area (Å²) in [5.41, 5.74) is 1.90. The van der Waals surface area contributed by atoms with Crippen molar-refractivity contribution in [3.8, 4) is 0 Å². The van der Waals surface area contributed by atoms with E-state index in [4.69, 9.17) is 0 Å². The van der Waals surface area contributed by atoms with Gasteiger partial charge in [-0.3, -0.25) is 4.68 Å². The molecule has 18 heavy (non-hydrogen) atoms. The van der Waals surface area contributed by atoms with Gasteiger partial charge < -0.3 is 5.32 Å². The first-order chi connectivity index (χ1) is 8.53. The highest BCUT2D eigenvalue weighted by atomic mass is 32.2. The molecule has 1 saturated heterocycles. The van der Waals surface area contributed by atoms with Crippen LogP contribution in [0.15, 0.2) is 6.20 Å². The monoisotopic (exact) mass is 272 g/mol. The highest BCUT2D eigenvalue weighted by Gasteiger charge is 2.28. The minimum Gasteiger partial charge on any atom is -0.315 e. The fourth-order valence-electron chi connectivity index (χ4n) is 2.22. The number of aromatic nitrogens is 2. The number of rotatable bonds is 5. The van der Waals surface area contributed by atoms with Crippen molar-refractivity contribution in [2.75, 3.05) is 13.1 Å². The lowest BCUT2D eigenvalue weighted by Gasteiger charge is -2.11. The van der Waals surface area contributed by atoms with Gasteiger partial charge in [-0.2, -0.15) is 5.10 Å². The summed E-state index contributed by atoms with van der Waals surface area (Å²) in [5, 5.41) is 7.06. The summed E-state index contributed by atoms with van der Waals surface area (Å²) in [6, 6.07) is 0. The molecule has 102 valence electrons. The molecule has 1 unspecified atom stereocenters. The molecule has 2 N–H and O–H groups in total. The van der Waals surface area contributed by atoms with Crippen LogP contribution < -0.4 is 10.0 Å². The third-order valence-corrected chi connectivity index (χ3v) is 5.07. The van der Waals surface area contributed by atoms with Gasteiger partial charge in [0, 0.05) is 31.9 Å². The third-order valence-electron chi connectivity index (χ3n) is 3.24. The molecule has 1 aromatic rings. The van der Waals surface area contributed by atoms with Crippen LogP contribution in [-0.4, -0.2) is 36.5 Å². The number of hydrogen-bond donors (Lipinski definition) is 2. The van der Waals surface area contributed by atoms with E-state index in [0.717, 1.165) is 24.2 Å². The number of nitrogens with one attached hydrogen (secondary N) is 2. The highest BCUT2D eigenvalue weighted by molar-refractivity contribution is 7.90. The topological polar surface area (TPSA) is 76.0 Å². The van der Waals surface area contributed by atoms with Crippen molar-refractivity contribution in [2.24, 2.45) is 7.05 Å². The van der Waals surface area contributed by atoms with Crippen LogP contribution in [0.3, 0.4) is 0 Å². The number of sulfonamides is 1. The molecule has 0 saturated carbocycles. The minimum absolute atomic E-state index is 0.306. The molecule has 1 aliphatic rings. The second-order valence-corrected chi connectivity index (χ2v) is 6.65. The molecule has 6 nitrogen and oxygen atoms in total. The van der Waals surface area contributed by atoms with Gasteiger partial charge in [-0.15, -0.1) is 0 Å². The molecule has 7 heteroatoms. The van der Waals surface area contributed by atoms with Gasteiger partial charge in [-0.1, -0.05) is 6.92 Å². The molecule has 1 fully saturated rings. The number of hydrogen-bond acceptors (Lipinski definition) is 4. The molecule has 1 atom stereocenters. The van der Waals surface area contributed by atoms with E-state index in [1.807, 2.05) is 20.2 Å². The average Bonchev–Trinajstić information content (AvgIpc) is 2.95. The summed E-state index contributed by atoms with van der Waals surface area (Å²) in [5.74, 6) is 0. The number of nitrogens with zero attached hydrogens (tertiary/aromatic N) is 2. The Morgan fingerprint density at radius 1 is 1.61 bits per heavy atom. The van der Waals surface area contributed by atoms with Crippen LogP contribution in [0.25, 0.3) is 0 Å². The predicted octanol–water partition coefficient (Wildman–Crippen LogP) is -0.236. The molecule has 1 aliphatic heterocycles. The zero-order valence-corrected chi connectivity index (χ0v) is 11.6. The first-order valence-electron chi connectivity index (χ1n) is 6.23. The van der Waals surface area contributed by atoms with E-state index >= 15 is 0 Å². The molecule has 0 aromatic carbocycles. The fourth-order valence-corrected chi connectivity index (χ4v) is 3.58. The van der Waals surface area contributed by atoms with Gasteiger partial charge in [-0.05, 0) is 19.4 Å². The first-order valence-corrected chi connectivity index (χ1v) is 7.78. The lowest BCUT2D eigenvalue weighted by Crippen LogP contribution is -2.35. The minimum atomic E-state index is -3.22. The third kappa shape index (κ3) is 2.90. The molecule has 0 aliphatic carbocycles. The number of aryl methyl sites for hydroxylation is 2. The molecule has 0 spiro atoms. The van der Waals surface area contributed by atoms with Crippen molar-refractivity contribution < 1.29 is 8.42 Å². The summed E-state index contributed by atoms with van der Waals surface area (Å²) in [6.07, 6.45) is 3.36. The van der Waals surface area contributed by atoms with E-state index in [9.17, 15) is 8.42 Å². The van der Waals surface area contributed by atoms with Crippen LogP contribution >= 0.6 is 0 Å². The second-order valence-electron chi connectivity index (χ2n) is 4.61. The Morgan fingerprint density at radius 2 is 2.39 bits per heavy atom. The smallest absolute Gasteiger partial charge is 0.216 e. The van der Waals surface area contributed by atoms with Gasteiger partial charge in [0.05, 0.1) is 10.9 Å².